The minimum absolute atomic E-state index is 0.635. The van der Waals surface area contributed by atoms with E-state index in [0.29, 0.717) is 13.0 Å². The minimum atomic E-state index is 0.635. The van der Waals surface area contributed by atoms with Crippen molar-refractivity contribution in [2.75, 3.05) is 6.61 Å². The Bertz CT molecular complexity index is 269. The van der Waals surface area contributed by atoms with E-state index in [1.54, 1.807) is 0 Å². The van der Waals surface area contributed by atoms with Gasteiger partial charge in [-0.2, -0.15) is 0 Å². The van der Waals surface area contributed by atoms with Crippen molar-refractivity contribution in [1.82, 2.24) is 0 Å². The van der Waals surface area contributed by atoms with E-state index in [0.717, 1.165) is 24.9 Å². The Labute approximate surface area is 97.8 Å². The number of halogens is 1. The lowest BCUT2D eigenvalue weighted by molar-refractivity contribution is -0.107. The highest BCUT2D eigenvalue weighted by Crippen LogP contribution is 2.13. The van der Waals surface area contributed by atoms with Gasteiger partial charge in [0.25, 0.3) is 0 Å². The topological polar surface area (TPSA) is 26.3 Å². The van der Waals surface area contributed by atoms with Crippen molar-refractivity contribution in [1.29, 1.82) is 0 Å². The van der Waals surface area contributed by atoms with E-state index in [2.05, 4.69) is 22.6 Å². The summed E-state index contributed by atoms with van der Waals surface area (Å²) in [5, 5.41) is 0. The molecule has 0 spiro atoms. The third-order valence-corrected chi connectivity index (χ3v) is 2.52. The number of carbonyl (C=O) groups is 1. The fraction of sp³-hybridized carbons (Fsp3) is 0.364. The predicted octanol–water partition coefficient (Wildman–Crippen LogP) is 3.04. The summed E-state index contributed by atoms with van der Waals surface area (Å²) in [6.07, 6.45) is 3.43. The first kappa shape index (κ1) is 11.5. The summed E-state index contributed by atoms with van der Waals surface area (Å²) in [6.45, 7) is 0.689. The molecule has 0 bridgehead atoms. The van der Waals surface area contributed by atoms with Crippen LogP contribution in [-0.2, 0) is 4.79 Å². The number of unbranched alkanes of at least 4 members (excludes halogenated alkanes) is 2. The Balaban J connectivity index is 2.18. The van der Waals surface area contributed by atoms with Crippen LogP contribution in [0, 0.1) is 3.57 Å². The van der Waals surface area contributed by atoms with E-state index in [1.165, 1.54) is 3.57 Å². The third-order valence-electron chi connectivity index (χ3n) is 1.80. The van der Waals surface area contributed by atoms with Gasteiger partial charge in [-0.25, -0.2) is 0 Å². The van der Waals surface area contributed by atoms with Crippen molar-refractivity contribution in [3.8, 4) is 5.75 Å². The molecule has 3 heteroatoms. The number of carbonyl (C=O) groups excluding carboxylic acids is 1. The third kappa shape index (κ3) is 4.60. The van der Waals surface area contributed by atoms with Crippen LogP contribution in [-0.4, -0.2) is 12.9 Å². The molecule has 0 aliphatic heterocycles. The molecule has 0 aromatic heterocycles. The number of hydrogen-bond acceptors (Lipinski definition) is 2. The fourth-order valence-corrected chi connectivity index (χ4v) is 1.41. The van der Waals surface area contributed by atoms with Crippen molar-refractivity contribution in [3.05, 3.63) is 27.8 Å². The molecule has 0 fully saturated rings. The second-order valence-electron chi connectivity index (χ2n) is 2.96. The molecule has 1 aromatic carbocycles. The maximum absolute atomic E-state index is 10.0. The van der Waals surface area contributed by atoms with E-state index in [-0.39, 0.29) is 0 Å². The van der Waals surface area contributed by atoms with Gasteiger partial charge in [0.1, 0.15) is 12.0 Å². The highest BCUT2D eigenvalue weighted by atomic mass is 127. The zero-order valence-electron chi connectivity index (χ0n) is 7.91. The van der Waals surface area contributed by atoms with E-state index in [4.69, 9.17) is 4.74 Å². The number of hydrogen-bond donors (Lipinski definition) is 0. The number of rotatable bonds is 6. The Hall–Kier alpha value is -0.580. The van der Waals surface area contributed by atoms with Crippen LogP contribution < -0.4 is 4.74 Å². The lowest BCUT2D eigenvalue weighted by atomic mass is 10.2. The summed E-state index contributed by atoms with van der Waals surface area (Å²) >= 11 is 2.26. The normalized spacial score (nSPS) is 9.79. The highest BCUT2D eigenvalue weighted by Gasteiger charge is 1.93. The van der Waals surface area contributed by atoms with Crippen LogP contribution in [0.15, 0.2) is 24.3 Å². The summed E-state index contributed by atoms with van der Waals surface area (Å²) in [5.74, 6) is 0.900. The lowest BCUT2D eigenvalue weighted by Crippen LogP contribution is -1.97. The molecule has 0 saturated heterocycles. The monoisotopic (exact) mass is 304 g/mol. The first-order valence-corrected chi connectivity index (χ1v) is 5.73. The number of benzene rings is 1. The van der Waals surface area contributed by atoms with Crippen LogP contribution in [0.5, 0.6) is 5.75 Å². The first-order chi connectivity index (χ1) is 6.83. The largest absolute Gasteiger partial charge is 0.494 e. The van der Waals surface area contributed by atoms with E-state index in [9.17, 15) is 4.79 Å². The van der Waals surface area contributed by atoms with Gasteiger partial charge in [-0.1, -0.05) is 0 Å². The van der Waals surface area contributed by atoms with E-state index < -0.39 is 0 Å². The summed E-state index contributed by atoms with van der Waals surface area (Å²) in [7, 11) is 0. The van der Waals surface area contributed by atoms with Crippen molar-refractivity contribution < 1.29 is 9.53 Å². The van der Waals surface area contributed by atoms with Crippen molar-refractivity contribution in [3.63, 3.8) is 0 Å². The molecule has 0 atom stereocenters. The van der Waals surface area contributed by atoms with Crippen LogP contribution in [0.25, 0.3) is 0 Å². The van der Waals surface area contributed by atoms with Gasteiger partial charge in [0.2, 0.25) is 0 Å². The van der Waals surface area contributed by atoms with Crippen molar-refractivity contribution >= 4 is 28.9 Å². The molecule has 14 heavy (non-hydrogen) atoms. The van der Waals surface area contributed by atoms with Crippen LogP contribution in [0.3, 0.4) is 0 Å². The highest BCUT2D eigenvalue weighted by molar-refractivity contribution is 14.1. The predicted molar refractivity (Wildman–Crippen MR) is 64.6 cm³/mol. The summed E-state index contributed by atoms with van der Waals surface area (Å²) in [4.78, 5) is 10.0. The Morgan fingerprint density at radius 3 is 2.57 bits per heavy atom. The standard InChI is InChI=1S/C11H13IO2/c12-10-4-6-11(7-5-10)14-9-3-1-2-8-13/h4-8H,1-3,9H2. The van der Waals surface area contributed by atoms with Crippen LogP contribution >= 0.6 is 22.6 Å². The van der Waals surface area contributed by atoms with Gasteiger partial charge in [-0.15, -0.1) is 0 Å². The van der Waals surface area contributed by atoms with Crippen LogP contribution in [0.1, 0.15) is 19.3 Å². The van der Waals surface area contributed by atoms with Gasteiger partial charge in [-0.3, -0.25) is 0 Å². The number of aldehydes is 1. The average molecular weight is 304 g/mol. The maximum atomic E-state index is 10.0. The van der Waals surface area contributed by atoms with E-state index >= 15 is 0 Å². The summed E-state index contributed by atoms with van der Waals surface area (Å²) in [6, 6.07) is 7.95. The molecule has 2 nitrogen and oxygen atoms in total. The fourth-order valence-electron chi connectivity index (χ4n) is 1.05. The zero-order valence-corrected chi connectivity index (χ0v) is 10.1. The second-order valence-corrected chi connectivity index (χ2v) is 4.21. The quantitative estimate of drug-likeness (QED) is 0.459. The minimum Gasteiger partial charge on any atom is -0.494 e. The smallest absolute Gasteiger partial charge is 0.119 e. The summed E-state index contributed by atoms with van der Waals surface area (Å²) in [5.41, 5.74) is 0. The molecule has 0 aliphatic rings. The van der Waals surface area contributed by atoms with Gasteiger partial charge < -0.3 is 9.53 Å². The molecule has 0 aliphatic carbocycles. The Morgan fingerprint density at radius 2 is 1.93 bits per heavy atom. The van der Waals surface area contributed by atoms with Gasteiger partial charge >= 0.3 is 0 Å². The average Bonchev–Trinajstić information content (AvgIpc) is 2.21. The Morgan fingerprint density at radius 1 is 1.21 bits per heavy atom. The molecular formula is C11H13IO2. The van der Waals surface area contributed by atoms with Gasteiger partial charge in [-0.05, 0) is 59.7 Å². The van der Waals surface area contributed by atoms with Gasteiger partial charge in [0.05, 0.1) is 6.61 Å². The molecule has 0 radical (unpaired) electrons. The molecule has 0 heterocycles. The molecule has 1 rings (SSSR count). The number of ether oxygens (including phenoxy) is 1. The molecular weight excluding hydrogens is 291 g/mol. The molecule has 0 saturated carbocycles. The molecule has 0 amide bonds. The summed E-state index contributed by atoms with van der Waals surface area (Å²) < 4.78 is 6.69. The molecule has 0 N–H and O–H groups in total. The maximum Gasteiger partial charge on any atom is 0.119 e. The Kier molecular flexibility index (Phi) is 5.59. The van der Waals surface area contributed by atoms with Gasteiger partial charge in [0.15, 0.2) is 0 Å². The van der Waals surface area contributed by atoms with Gasteiger partial charge in [0, 0.05) is 9.99 Å². The van der Waals surface area contributed by atoms with Crippen LogP contribution in [0.2, 0.25) is 0 Å². The van der Waals surface area contributed by atoms with E-state index in [1.807, 2.05) is 24.3 Å². The van der Waals surface area contributed by atoms with Crippen molar-refractivity contribution in [2.45, 2.75) is 19.3 Å². The zero-order chi connectivity index (χ0) is 10.2. The lowest BCUT2D eigenvalue weighted by Gasteiger charge is -2.04. The SMILES string of the molecule is O=CCCCCOc1ccc(I)cc1. The molecule has 1 aromatic rings. The first-order valence-electron chi connectivity index (χ1n) is 4.65. The second kappa shape index (κ2) is 6.81. The molecule has 0 unspecified atom stereocenters. The van der Waals surface area contributed by atoms with Crippen LogP contribution in [0.4, 0.5) is 0 Å². The molecule has 76 valence electrons. The van der Waals surface area contributed by atoms with Crippen molar-refractivity contribution in [2.24, 2.45) is 0 Å².